The SMILES string of the molecule is CC(=O)Nc1ccccc1OCC(=O)N(CC(C)C)[C@H]1CCS(=O)(=O)C1. The van der Waals surface area contributed by atoms with Gasteiger partial charge in [0.2, 0.25) is 5.91 Å². The normalized spacial score (nSPS) is 18.5. The van der Waals surface area contributed by atoms with Crippen molar-refractivity contribution in [3.05, 3.63) is 24.3 Å². The molecule has 0 bridgehead atoms. The van der Waals surface area contributed by atoms with Crippen molar-refractivity contribution in [2.45, 2.75) is 33.2 Å². The van der Waals surface area contributed by atoms with Gasteiger partial charge in [0, 0.05) is 19.5 Å². The van der Waals surface area contributed by atoms with Gasteiger partial charge in [-0.2, -0.15) is 0 Å². The minimum atomic E-state index is -3.08. The highest BCUT2D eigenvalue weighted by Crippen LogP contribution is 2.24. The Hall–Kier alpha value is -2.09. The van der Waals surface area contributed by atoms with Gasteiger partial charge in [-0.3, -0.25) is 9.59 Å². The number of benzene rings is 1. The first-order valence-corrected chi connectivity index (χ1v) is 10.5. The van der Waals surface area contributed by atoms with Crippen LogP contribution in [0.3, 0.4) is 0 Å². The van der Waals surface area contributed by atoms with E-state index in [2.05, 4.69) is 5.32 Å². The monoisotopic (exact) mass is 382 g/mol. The number of carbonyl (C=O) groups excluding carboxylic acids is 2. The van der Waals surface area contributed by atoms with Gasteiger partial charge in [0.1, 0.15) is 5.75 Å². The molecule has 1 aromatic rings. The third kappa shape index (κ3) is 5.72. The summed E-state index contributed by atoms with van der Waals surface area (Å²) in [4.78, 5) is 25.6. The van der Waals surface area contributed by atoms with Gasteiger partial charge in [0.15, 0.2) is 16.4 Å². The predicted molar refractivity (Wildman–Crippen MR) is 99.9 cm³/mol. The van der Waals surface area contributed by atoms with Gasteiger partial charge in [0.05, 0.1) is 17.2 Å². The van der Waals surface area contributed by atoms with Crippen molar-refractivity contribution in [3.63, 3.8) is 0 Å². The highest BCUT2D eigenvalue weighted by Gasteiger charge is 2.35. The smallest absolute Gasteiger partial charge is 0.260 e. The molecule has 1 atom stereocenters. The molecule has 0 aliphatic carbocycles. The zero-order chi connectivity index (χ0) is 19.3. The van der Waals surface area contributed by atoms with Crippen LogP contribution in [0.25, 0.3) is 0 Å². The van der Waals surface area contributed by atoms with Crippen molar-refractivity contribution in [3.8, 4) is 5.75 Å². The number of rotatable bonds is 7. The summed E-state index contributed by atoms with van der Waals surface area (Å²) in [7, 11) is -3.08. The van der Waals surface area contributed by atoms with Crippen LogP contribution < -0.4 is 10.1 Å². The molecule has 0 aromatic heterocycles. The van der Waals surface area contributed by atoms with Crippen LogP contribution in [0, 0.1) is 5.92 Å². The van der Waals surface area contributed by atoms with Gasteiger partial charge in [-0.25, -0.2) is 8.42 Å². The summed E-state index contributed by atoms with van der Waals surface area (Å²) < 4.78 is 29.2. The Labute approximate surface area is 154 Å². The average Bonchev–Trinajstić information content (AvgIpc) is 2.90. The Morgan fingerprint density at radius 1 is 1.31 bits per heavy atom. The van der Waals surface area contributed by atoms with E-state index in [0.717, 1.165) is 0 Å². The van der Waals surface area contributed by atoms with Crippen LogP contribution in [-0.4, -0.2) is 55.8 Å². The lowest BCUT2D eigenvalue weighted by Gasteiger charge is -2.30. The van der Waals surface area contributed by atoms with Crippen LogP contribution in [0.5, 0.6) is 5.75 Å². The maximum Gasteiger partial charge on any atom is 0.260 e. The van der Waals surface area contributed by atoms with E-state index in [1.54, 1.807) is 29.2 Å². The fourth-order valence-electron chi connectivity index (χ4n) is 2.98. The molecular formula is C18H26N2O5S. The van der Waals surface area contributed by atoms with Crippen LogP contribution in [0.4, 0.5) is 5.69 Å². The summed E-state index contributed by atoms with van der Waals surface area (Å²) >= 11 is 0. The third-order valence-corrected chi connectivity index (χ3v) is 5.83. The quantitative estimate of drug-likeness (QED) is 0.775. The van der Waals surface area contributed by atoms with E-state index in [4.69, 9.17) is 4.74 Å². The molecule has 1 aliphatic heterocycles. The average molecular weight is 382 g/mol. The zero-order valence-electron chi connectivity index (χ0n) is 15.4. The van der Waals surface area contributed by atoms with E-state index in [9.17, 15) is 18.0 Å². The Kier molecular flexibility index (Phi) is 6.63. The highest BCUT2D eigenvalue weighted by molar-refractivity contribution is 7.91. The van der Waals surface area contributed by atoms with Gasteiger partial charge < -0.3 is 15.0 Å². The van der Waals surface area contributed by atoms with Gasteiger partial charge in [0.25, 0.3) is 5.91 Å². The van der Waals surface area contributed by atoms with E-state index in [1.165, 1.54) is 6.92 Å². The Morgan fingerprint density at radius 3 is 2.58 bits per heavy atom. The zero-order valence-corrected chi connectivity index (χ0v) is 16.2. The maximum atomic E-state index is 12.7. The second-order valence-corrected chi connectivity index (χ2v) is 9.19. The standard InChI is InChI=1S/C18H26N2O5S/c1-13(2)10-20(15-8-9-26(23,24)12-15)18(22)11-25-17-7-5-4-6-16(17)19-14(3)21/h4-7,13,15H,8-12H2,1-3H3,(H,19,21)/t15-/m0/s1. The fraction of sp³-hybridized carbons (Fsp3) is 0.556. The molecule has 1 aromatic carbocycles. The largest absolute Gasteiger partial charge is 0.482 e. The Balaban J connectivity index is 2.07. The van der Waals surface area contributed by atoms with Crippen molar-refractivity contribution in [1.29, 1.82) is 0 Å². The van der Waals surface area contributed by atoms with E-state index < -0.39 is 9.84 Å². The maximum absolute atomic E-state index is 12.7. The van der Waals surface area contributed by atoms with Gasteiger partial charge >= 0.3 is 0 Å². The van der Waals surface area contributed by atoms with Gasteiger partial charge in [-0.15, -0.1) is 0 Å². The van der Waals surface area contributed by atoms with E-state index in [1.807, 2.05) is 13.8 Å². The highest BCUT2D eigenvalue weighted by atomic mass is 32.2. The Morgan fingerprint density at radius 2 is 2.00 bits per heavy atom. The van der Waals surface area contributed by atoms with Crippen LogP contribution >= 0.6 is 0 Å². The van der Waals surface area contributed by atoms with E-state index in [-0.39, 0.29) is 41.9 Å². The van der Waals surface area contributed by atoms with Crippen molar-refractivity contribution < 1.29 is 22.7 Å². The lowest BCUT2D eigenvalue weighted by atomic mass is 10.1. The third-order valence-electron chi connectivity index (χ3n) is 4.08. The molecule has 144 valence electrons. The Bertz CT molecular complexity index is 761. The number of carbonyl (C=O) groups is 2. The number of ether oxygens (including phenoxy) is 1. The first-order valence-electron chi connectivity index (χ1n) is 8.67. The van der Waals surface area contributed by atoms with E-state index >= 15 is 0 Å². The summed E-state index contributed by atoms with van der Waals surface area (Å²) in [5, 5.41) is 2.66. The molecule has 0 radical (unpaired) electrons. The van der Waals surface area contributed by atoms with Crippen LogP contribution in [-0.2, 0) is 19.4 Å². The molecule has 0 unspecified atom stereocenters. The first kappa shape index (κ1) is 20.2. The molecule has 1 N–H and O–H groups in total. The van der Waals surface area contributed by atoms with Crippen LogP contribution in [0.15, 0.2) is 24.3 Å². The first-order chi connectivity index (χ1) is 12.2. The minimum absolute atomic E-state index is 0.00788. The number of hydrogen-bond acceptors (Lipinski definition) is 5. The van der Waals surface area contributed by atoms with Gasteiger partial charge in [-0.1, -0.05) is 26.0 Å². The molecule has 26 heavy (non-hydrogen) atoms. The predicted octanol–water partition coefficient (Wildman–Crippen LogP) is 1.70. The van der Waals surface area contributed by atoms with Crippen LogP contribution in [0.1, 0.15) is 27.2 Å². The lowest BCUT2D eigenvalue weighted by Crippen LogP contribution is -2.45. The number of nitrogens with zero attached hydrogens (tertiary/aromatic N) is 1. The summed E-state index contributed by atoms with van der Waals surface area (Å²) in [5.41, 5.74) is 0.492. The molecule has 1 heterocycles. The van der Waals surface area contributed by atoms with Crippen molar-refractivity contribution >= 4 is 27.3 Å². The summed E-state index contributed by atoms with van der Waals surface area (Å²) in [6.45, 7) is 5.63. The molecule has 8 heteroatoms. The summed E-state index contributed by atoms with van der Waals surface area (Å²) in [6.07, 6.45) is 0.462. The molecular weight excluding hydrogens is 356 g/mol. The number of anilines is 1. The topological polar surface area (TPSA) is 92.8 Å². The molecule has 1 saturated heterocycles. The number of sulfone groups is 1. The van der Waals surface area contributed by atoms with Crippen molar-refractivity contribution in [2.75, 3.05) is 30.0 Å². The van der Waals surface area contributed by atoms with Crippen molar-refractivity contribution in [2.24, 2.45) is 5.92 Å². The second kappa shape index (κ2) is 8.53. The second-order valence-electron chi connectivity index (χ2n) is 6.96. The van der Waals surface area contributed by atoms with E-state index in [0.29, 0.717) is 24.4 Å². The van der Waals surface area contributed by atoms with Crippen molar-refractivity contribution in [1.82, 2.24) is 4.90 Å². The lowest BCUT2D eigenvalue weighted by molar-refractivity contribution is -0.135. The van der Waals surface area contributed by atoms with Gasteiger partial charge in [-0.05, 0) is 24.5 Å². The molecule has 2 amide bonds. The molecule has 1 aliphatic rings. The number of amides is 2. The number of para-hydroxylation sites is 2. The molecule has 0 spiro atoms. The molecule has 7 nitrogen and oxygen atoms in total. The molecule has 1 fully saturated rings. The number of hydrogen-bond donors (Lipinski definition) is 1. The summed E-state index contributed by atoms with van der Waals surface area (Å²) in [5.74, 6) is 0.261. The fourth-order valence-corrected chi connectivity index (χ4v) is 4.71. The minimum Gasteiger partial charge on any atom is -0.482 e. The van der Waals surface area contributed by atoms with Crippen LogP contribution in [0.2, 0.25) is 0 Å². The molecule has 2 rings (SSSR count). The summed E-state index contributed by atoms with van der Waals surface area (Å²) in [6, 6.07) is 6.57. The number of nitrogens with one attached hydrogen (secondary N) is 1. The molecule has 0 saturated carbocycles.